The van der Waals surface area contributed by atoms with E-state index < -0.39 is 0 Å². The first kappa shape index (κ1) is 19.8. The van der Waals surface area contributed by atoms with Gasteiger partial charge in [-0.25, -0.2) is 4.98 Å². The van der Waals surface area contributed by atoms with E-state index in [1.165, 1.54) is 0 Å². The molecule has 152 valence electrons. The second-order valence-electron chi connectivity index (χ2n) is 6.81. The van der Waals surface area contributed by atoms with E-state index >= 15 is 0 Å². The van der Waals surface area contributed by atoms with Crippen LogP contribution in [0.5, 0.6) is 0 Å². The molecule has 0 aliphatic rings. The van der Waals surface area contributed by atoms with Crippen molar-refractivity contribution in [3.8, 4) is 22.8 Å². The molecular formula is C22H19ClN4O3. The van der Waals surface area contributed by atoms with Crippen molar-refractivity contribution in [2.24, 2.45) is 0 Å². The summed E-state index contributed by atoms with van der Waals surface area (Å²) >= 11 is 5.89. The molecule has 2 heterocycles. The Bertz CT molecular complexity index is 1160. The van der Waals surface area contributed by atoms with Gasteiger partial charge in [-0.1, -0.05) is 22.8 Å². The largest absolute Gasteiger partial charge is 0.441 e. The van der Waals surface area contributed by atoms with Gasteiger partial charge in [-0.15, -0.1) is 0 Å². The van der Waals surface area contributed by atoms with Crippen LogP contribution >= 0.6 is 11.6 Å². The maximum atomic E-state index is 12.4. The van der Waals surface area contributed by atoms with E-state index in [0.29, 0.717) is 34.7 Å². The first-order valence-corrected chi connectivity index (χ1v) is 9.78. The average Bonchev–Trinajstić information content (AvgIpc) is 3.34. The molecule has 2 aromatic heterocycles. The maximum Gasteiger partial charge on any atom is 0.227 e. The van der Waals surface area contributed by atoms with Crippen molar-refractivity contribution >= 4 is 23.2 Å². The van der Waals surface area contributed by atoms with Gasteiger partial charge in [-0.3, -0.25) is 4.79 Å². The van der Waals surface area contributed by atoms with Crippen LogP contribution in [0.25, 0.3) is 22.8 Å². The Balaban J connectivity index is 1.36. The number of hydrogen-bond acceptors (Lipinski definition) is 6. The normalized spacial score (nSPS) is 10.9. The summed E-state index contributed by atoms with van der Waals surface area (Å²) in [6.07, 6.45) is 0.550. The highest BCUT2D eigenvalue weighted by Crippen LogP contribution is 2.24. The van der Waals surface area contributed by atoms with E-state index in [-0.39, 0.29) is 12.3 Å². The highest BCUT2D eigenvalue weighted by Gasteiger charge is 2.12. The molecule has 4 rings (SSSR count). The minimum absolute atomic E-state index is 0.154. The van der Waals surface area contributed by atoms with Gasteiger partial charge in [0.15, 0.2) is 0 Å². The van der Waals surface area contributed by atoms with Gasteiger partial charge in [0, 0.05) is 34.7 Å². The van der Waals surface area contributed by atoms with Crippen molar-refractivity contribution < 1.29 is 13.7 Å². The van der Waals surface area contributed by atoms with Gasteiger partial charge < -0.3 is 14.3 Å². The summed E-state index contributed by atoms with van der Waals surface area (Å²) in [5.74, 6) is 2.01. The molecule has 0 atom stereocenters. The molecule has 0 aliphatic carbocycles. The molecule has 7 nitrogen and oxygen atoms in total. The summed E-state index contributed by atoms with van der Waals surface area (Å²) in [6.45, 7) is 3.76. The minimum atomic E-state index is -0.154. The number of carbonyl (C=O) groups excluding carboxylic acids is 1. The third-order valence-electron chi connectivity index (χ3n) is 4.56. The van der Waals surface area contributed by atoms with Crippen LogP contribution in [0.3, 0.4) is 0 Å². The topological polar surface area (TPSA) is 94.1 Å². The van der Waals surface area contributed by atoms with Crippen molar-refractivity contribution in [3.63, 3.8) is 0 Å². The van der Waals surface area contributed by atoms with Crippen LogP contribution in [-0.2, 0) is 11.2 Å². The molecule has 0 bridgehead atoms. The summed E-state index contributed by atoms with van der Waals surface area (Å²) in [7, 11) is 0. The number of anilines is 1. The lowest BCUT2D eigenvalue weighted by Crippen LogP contribution is -2.12. The highest BCUT2D eigenvalue weighted by molar-refractivity contribution is 6.30. The van der Waals surface area contributed by atoms with E-state index in [1.807, 2.05) is 50.2 Å². The van der Waals surface area contributed by atoms with Crippen LogP contribution < -0.4 is 5.32 Å². The molecule has 1 N–H and O–H groups in total. The maximum absolute atomic E-state index is 12.4. The van der Waals surface area contributed by atoms with Gasteiger partial charge in [0.1, 0.15) is 5.76 Å². The predicted molar refractivity (Wildman–Crippen MR) is 113 cm³/mol. The molecule has 30 heavy (non-hydrogen) atoms. The molecule has 0 saturated carbocycles. The Morgan fingerprint density at radius 1 is 1.07 bits per heavy atom. The predicted octanol–water partition coefficient (Wildman–Crippen LogP) is 5.23. The highest BCUT2D eigenvalue weighted by atomic mass is 35.5. The molecule has 4 aromatic rings. The third-order valence-corrected chi connectivity index (χ3v) is 4.81. The fourth-order valence-corrected chi connectivity index (χ4v) is 2.97. The Labute approximate surface area is 178 Å². The van der Waals surface area contributed by atoms with E-state index in [9.17, 15) is 4.79 Å². The van der Waals surface area contributed by atoms with Gasteiger partial charge in [0.2, 0.25) is 23.5 Å². The number of oxazole rings is 1. The van der Waals surface area contributed by atoms with Gasteiger partial charge in [0.05, 0.1) is 5.69 Å². The molecule has 0 fully saturated rings. The first-order valence-electron chi connectivity index (χ1n) is 9.41. The zero-order chi connectivity index (χ0) is 21.1. The summed E-state index contributed by atoms with van der Waals surface area (Å²) in [5.41, 5.74) is 3.11. The van der Waals surface area contributed by atoms with Gasteiger partial charge >= 0.3 is 0 Å². The van der Waals surface area contributed by atoms with E-state index in [2.05, 4.69) is 20.4 Å². The number of aromatic nitrogens is 3. The zero-order valence-electron chi connectivity index (χ0n) is 16.5. The Kier molecular flexibility index (Phi) is 5.63. The number of nitrogens with one attached hydrogen (secondary N) is 1. The smallest absolute Gasteiger partial charge is 0.227 e. The number of halogens is 1. The molecule has 0 spiro atoms. The lowest BCUT2D eigenvalue weighted by molar-refractivity contribution is -0.116. The van der Waals surface area contributed by atoms with E-state index in [0.717, 1.165) is 22.6 Å². The molecule has 0 aliphatic heterocycles. The van der Waals surface area contributed by atoms with Crippen LogP contribution in [0.4, 0.5) is 5.69 Å². The fraction of sp³-hybridized carbons (Fsp3) is 0.182. The molecular weight excluding hydrogens is 404 g/mol. The summed E-state index contributed by atoms with van der Waals surface area (Å²) in [5, 5.41) is 7.47. The summed E-state index contributed by atoms with van der Waals surface area (Å²) in [4.78, 5) is 21.1. The Morgan fingerprint density at radius 2 is 1.87 bits per heavy atom. The molecule has 0 unspecified atom stereocenters. The standard InChI is InChI=1S/C22H19ClN4O3/c1-13-14(2)29-22(24-13)16-4-3-5-18(12-16)25-19(28)10-11-20-26-21(27-30-20)15-6-8-17(23)9-7-15/h3-9,12H,10-11H2,1-2H3,(H,25,28). The zero-order valence-corrected chi connectivity index (χ0v) is 17.2. The van der Waals surface area contributed by atoms with Crippen molar-refractivity contribution in [2.45, 2.75) is 26.7 Å². The molecule has 0 radical (unpaired) electrons. The molecule has 1 amide bonds. The van der Waals surface area contributed by atoms with Crippen molar-refractivity contribution in [1.29, 1.82) is 0 Å². The minimum Gasteiger partial charge on any atom is -0.441 e. The average molecular weight is 423 g/mol. The van der Waals surface area contributed by atoms with Crippen LogP contribution in [0, 0.1) is 13.8 Å². The lowest BCUT2D eigenvalue weighted by atomic mass is 10.2. The molecule has 2 aromatic carbocycles. The number of hydrogen-bond donors (Lipinski definition) is 1. The van der Waals surface area contributed by atoms with Crippen molar-refractivity contribution in [1.82, 2.24) is 15.1 Å². The first-order chi connectivity index (χ1) is 14.5. The van der Waals surface area contributed by atoms with Crippen molar-refractivity contribution in [3.05, 3.63) is 70.9 Å². The molecule has 0 saturated heterocycles. The quantitative estimate of drug-likeness (QED) is 0.457. The number of aryl methyl sites for hydroxylation is 3. The van der Waals surface area contributed by atoms with Gasteiger partial charge in [-0.05, 0) is 56.3 Å². The van der Waals surface area contributed by atoms with Gasteiger partial charge in [-0.2, -0.15) is 4.98 Å². The Morgan fingerprint density at radius 3 is 2.60 bits per heavy atom. The second kappa shape index (κ2) is 8.51. The van der Waals surface area contributed by atoms with Crippen LogP contribution in [0.1, 0.15) is 23.8 Å². The number of benzene rings is 2. The summed E-state index contributed by atoms with van der Waals surface area (Å²) in [6, 6.07) is 14.5. The number of amides is 1. The van der Waals surface area contributed by atoms with Crippen LogP contribution in [0.15, 0.2) is 57.5 Å². The van der Waals surface area contributed by atoms with Crippen LogP contribution in [-0.4, -0.2) is 21.0 Å². The Hall–Kier alpha value is -3.45. The van der Waals surface area contributed by atoms with E-state index in [1.54, 1.807) is 12.1 Å². The number of rotatable bonds is 6. The van der Waals surface area contributed by atoms with Crippen molar-refractivity contribution in [2.75, 3.05) is 5.32 Å². The monoisotopic (exact) mass is 422 g/mol. The fourth-order valence-electron chi connectivity index (χ4n) is 2.84. The van der Waals surface area contributed by atoms with E-state index in [4.69, 9.17) is 20.5 Å². The summed E-state index contributed by atoms with van der Waals surface area (Å²) < 4.78 is 10.9. The SMILES string of the molecule is Cc1nc(-c2cccc(NC(=O)CCc3nc(-c4ccc(Cl)cc4)no3)c2)oc1C. The number of carbonyl (C=O) groups is 1. The molecule has 8 heteroatoms. The number of nitrogens with zero attached hydrogens (tertiary/aromatic N) is 3. The second-order valence-corrected chi connectivity index (χ2v) is 7.24. The van der Waals surface area contributed by atoms with Gasteiger partial charge in [0.25, 0.3) is 0 Å². The van der Waals surface area contributed by atoms with Crippen LogP contribution in [0.2, 0.25) is 5.02 Å². The lowest BCUT2D eigenvalue weighted by Gasteiger charge is -2.05. The third kappa shape index (κ3) is 4.58.